The highest BCUT2D eigenvalue weighted by molar-refractivity contribution is 5.95. The number of rotatable bonds is 8. The molecule has 0 atom stereocenters. The second-order valence-electron chi connectivity index (χ2n) is 7.31. The predicted molar refractivity (Wildman–Crippen MR) is 117 cm³/mol. The number of nitrogens with one attached hydrogen (secondary N) is 2. The summed E-state index contributed by atoms with van der Waals surface area (Å²) in [6.45, 7) is 5.26. The normalized spacial score (nSPS) is 10.5. The van der Waals surface area contributed by atoms with Gasteiger partial charge in [-0.1, -0.05) is 30.3 Å². The highest BCUT2D eigenvalue weighted by Crippen LogP contribution is 2.18. The van der Waals surface area contributed by atoms with Gasteiger partial charge in [0.1, 0.15) is 0 Å². The van der Waals surface area contributed by atoms with Crippen molar-refractivity contribution < 1.29 is 19.8 Å². The number of hydrogen-bond acceptors (Lipinski definition) is 4. The van der Waals surface area contributed by atoms with Gasteiger partial charge in [-0.25, -0.2) is 9.59 Å². The SMILES string of the molecule is Cc1cc(C)cc(NCc2cccc(CNc3cc(C(=O)O)cc(C(=O)O)c3)c2)c1. The average molecular weight is 404 g/mol. The van der Waals surface area contributed by atoms with E-state index in [-0.39, 0.29) is 11.1 Å². The Hall–Kier alpha value is -3.80. The molecule has 3 aromatic rings. The first-order valence-corrected chi connectivity index (χ1v) is 9.56. The van der Waals surface area contributed by atoms with Gasteiger partial charge in [0, 0.05) is 24.5 Å². The summed E-state index contributed by atoms with van der Waals surface area (Å²) >= 11 is 0. The molecule has 6 heteroatoms. The Morgan fingerprint density at radius 3 is 1.63 bits per heavy atom. The molecule has 0 saturated heterocycles. The lowest BCUT2D eigenvalue weighted by Gasteiger charge is -2.12. The summed E-state index contributed by atoms with van der Waals surface area (Å²) in [4.78, 5) is 22.5. The zero-order valence-electron chi connectivity index (χ0n) is 16.9. The molecular weight excluding hydrogens is 380 g/mol. The number of aromatic carboxylic acids is 2. The number of carbonyl (C=O) groups is 2. The van der Waals surface area contributed by atoms with Gasteiger partial charge in [0.05, 0.1) is 11.1 Å². The Morgan fingerprint density at radius 2 is 1.17 bits per heavy atom. The summed E-state index contributed by atoms with van der Waals surface area (Å²) in [5.41, 5.74) is 5.92. The van der Waals surface area contributed by atoms with Crippen molar-refractivity contribution in [1.29, 1.82) is 0 Å². The largest absolute Gasteiger partial charge is 0.478 e. The molecule has 0 fully saturated rings. The van der Waals surface area contributed by atoms with E-state index in [4.69, 9.17) is 0 Å². The fourth-order valence-electron chi connectivity index (χ4n) is 3.31. The van der Waals surface area contributed by atoms with Crippen LogP contribution in [-0.4, -0.2) is 22.2 Å². The number of anilines is 2. The molecular formula is C24H24N2O4. The molecule has 0 amide bonds. The molecule has 0 aliphatic heterocycles. The van der Waals surface area contributed by atoms with Crippen LogP contribution in [0.1, 0.15) is 43.0 Å². The molecule has 154 valence electrons. The summed E-state index contributed by atoms with van der Waals surface area (Å²) in [6, 6.07) is 18.4. The van der Waals surface area contributed by atoms with Gasteiger partial charge >= 0.3 is 11.9 Å². The zero-order valence-corrected chi connectivity index (χ0v) is 16.9. The molecule has 0 bridgehead atoms. The quantitative estimate of drug-likeness (QED) is 0.425. The number of hydrogen-bond donors (Lipinski definition) is 4. The minimum atomic E-state index is -1.17. The van der Waals surface area contributed by atoms with E-state index < -0.39 is 11.9 Å². The second-order valence-corrected chi connectivity index (χ2v) is 7.31. The molecule has 3 aromatic carbocycles. The average Bonchev–Trinajstić information content (AvgIpc) is 2.70. The van der Waals surface area contributed by atoms with Gasteiger partial charge in [0.15, 0.2) is 0 Å². The van der Waals surface area contributed by atoms with Crippen LogP contribution in [0.3, 0.4) is 0 Å². The predicted octanol–water partition coefficient (Wildman–Crippen LogP) is 4.92. The maximum absolute atomic E-state index is 11.3. The van der Waals surface area contributed by atoms with Gasteiger partial charge in [-0.2, -0.15) is 0 Å². The molecule has 0 saturated carbocycles. The van der Waals surface area contributed by atoms with Crippen LogP contribution < -0.4 is 10.6 Å². The molecule has 3 rings (SSSR count). The Morgan fingerprint density at radius 1 is 0.700 bits per heavy atom. The van der Waals surface area contributed by atoms with Gasteiger partial charge < -0.3 is 20.8 Å². The van der Waals surface area contributed by atoms with Gasteiger partial charge in [-0.15, -0.1) is 0 Å². The summed E-state index contributed by atoms with van der Waals surface area (Å²) in [7, 11) is 0. The van der Waals surface area contributed by atoms with E-state index in [9.17, 15) is 19.8 Å². The number of carboxylic acid groups (broad SMARTS) is 2. The van der Waals surface area contributed by atoms with Crippen LogP contribution in [0, 0.1) is 13.8 Å². The maximum atomic E-state index is 11.3. The Bertz CT molecular complexity index is 1040. The van der Waals surface area contributed by atoms with Gasteiger partial charge in [0.25, 0.3) is 0 Å². The van der Waals surface area contributed by atoms with Crippen molar-refractivity contribution in [2.75, 3.05) is 10.6 Å². The lowest BCUT2D eigenvalue weighted by Crippen LogP contribution is -2.07. The fourth-order valence-corrected chi connectivity index (χ4v) is 3.31. The molecule has 0 spiro atoms. The van der Waals surface area contributed by atoms with Crippen LogP contribution in [-0.2, 0) is 13.1 Å². The third-order valence-electron chi connectivity index (χ3n) is 4.63. The van der Waals surface area contributed by atoms with Crippen molar-refractivity contribution >= 4 is 23.3 Å². The van der Waals surface area contributed by atoms with Crippen molar-refractivity contribution in [2.45, 2.75) is 26.9 Å². The maximum Gasteiger partial charge on any atom is 0.335 e. The molecule has 0 unspecified atom stereocenters. The molecule has 0 radical (unpaired) electrons. The van der Waals surface area contributed by atoms with Crippen molar-refractivity contribution in [3.8, 4) is 0 Å². The summed E-state index contributed by atoms with van der Waals surface area (Å²) < 4.78 is 0. The van der Waals surface area contributed by atoms with Crippen molar-refractivity contribution in [3.05, 3.63) is 94.0 Å². The lowest BCUT2D eigenvalue weighted by molar-refractivity contribution is 0.0696. The van der Waals surface area contributed by atoms with Crippen LogP contribution >= 0.6 is 0 Å². The first-order chi connectivity index (χ1) is 14.3. The van der Waals surface area contributed by atoms with E-state index in [1.807, 2.05) is 18.2 Å². The second kappa shape index (κ2) is 9.13. The highest BCUT2D eigenvalue weighted by atomic mass is 16.4. The number of carboxylic acids is 2. The smallest absolute Gasteiger partial charge is 0.335 e. The van der Waals surface area contributed by atoms with Crippen LogP contribution in [0.4, 0.5) is 11.4 Å². The molecule has 0 aliphatic rings. The van der Waals surface area contributed by atoms with Crippen molar-refractivity contribution in [3.63, 3.8) is 0 Å². The number of aryl methyl sites for hydroxylation is 2. The first-order valence-electron chi connectivity index (χ1n) is 9.56. The third-order valence-corrected chi connectivity index (χ3v) is 4.63. The van der Waals surface area contributed by atoms with Crippen LogP contribution in [0.15, 0.2) is 60.7 Å². The van der Waals surface area contributed by atoms with Crippen LogP contribution in [0.2, 0.25) is 0 Å². The summed E-state index contributed by atoms with van der Waals surface area (Å²) in [5.74, 6) is -2.33. The van der Waals surface area contributed by atoms with Crippen molar-refractivity contribution in [1.82, 2.24) is 0 Å². The molecule has 0 aromatic heterocycles. The van der Waals surface area contributed by atoms with Gasteiger partial charge in [-0.3, -0.25) is 0 Å². The van der Waals surface area contributed by atoms with Crippen molar-refractivity contribution in [2.24, 2.45) is 0 Å². The van der Waals surface area contributed by atoms with E-state index in [0.29, 0.717) is 18.8 Å². The monoisotopic (exact) mass is 404 g/mol. The minimum absolute atomic E-state index is 0.0659. The summed E-state index contributed by atoms with van der Waals surface area (Å²) in [6.07, 6.45) is 0. The Kier molecular flexibility index (Phi) is 6.37. The third kappa shape index (κ3) is 5.61. The highest BCUT2D eigenvalue weighted by Gasteiger charge is 2.11. The Balaban J connectivity index is 1.68. The first kappa shape index (κ1) is 20.9. The number of benzene rings is 3. The molecule has 4 N–H and O–H groups in total. The van der Waals surface area contributed by atoms with Gasteiger partial charge in [-0.05, 0) is 66.4 Å². The fraction of sp³-hybridized carbons (Fsp3) is 0.167. The van der Waals surface area contributed by atoms with Gasteiger partial charge in [0.2, 0.25) is 0 Å². The van der Waals surface area contributed by atoms with E-state index in [1.54, 1.807) is 0 Å². The Labute approximate surface area is 175 Å². The molecule has 6 nitrogen and oxygen atoms in total. The molecule has 0 heterocycles. The van der Waals surface area contributed by atoms with E-state index in [1.165, 1.54) is 23.3 Å². The van der Waals surface area contributed by atoms with E-state index in [2.05, 4.69) is 48.7 Å². The molecule has 0 aliphatic carbocycles. The summed E-state index contributed by atoms with van der Waals surface area (Å²) in [5, 5.41) is 24.9. The van der Waals surface area contributed by atoms with Crippen LogP contribution in [0.25, 0.3) is 0 Å². The van der Waals surface area contributed by atoms with E-state index in [0.717, 1.165) is 22.9 Å². The van der Waals surface area contributed by atoms with E-state index >= 15 is 0 Å². The lowest BCUT2D eigenvalue weighted by atomic mass is 10.1. The molecule has 30 heavy (non-hydrogen) atoms. The minimum Gasteiger partial charge on any atom is -0.478 e. The zero-order chi connectivity index (χ0) is 21.7. The topological polar surface area (TPSA) is 98.7 Å². The standard InChI is InChI=1S/C24H24N2O4/c1-15-6-16(2)8-21(7-15)25-13-17-4-3-5-18(9-17)14-26-22-11-19(23(27)28)10-20(12-22)24(29)30/h3-12,25-26H,13-14H2,1-2H3,(H,27,28)(H,29,30). The van der Waals surface area contributed by atoms with Crippen LogP contribution in [0.5, 0.6) is 0 Å².